The third kappa shape index (κ3) is 6.82. The molecule has 39 heavy (non-hydrogen) atoms. The molecule has 1 aromatic heterocycles. The van der Waals surface area contributed by atoms with E-state index in [4.69, 9.17) is 9.94 Å². The number of rotatable bonds is 11. The molecule has 0 spiro atoms. The summed E-state index contributed by atoms with van der Waals surface area (Å²) in [5.74, 6) is 0.281. The molecule has 4 N–H and O–H groups in total. The number of hydrogen-bond donors (Lipinski definition) is 4. The van der Waals surface area contributed by atoms with E-state index in [1.54, 1.807) is 11.6 Å². The van der Waals surface area contributed by atoms with Gasteiger partial charge in [0.25, 0.3) is 5.91 Å². The number of amides is 1. The Morgan fingerprint density at radius 1 is 0.897 bits per heavy atom. The van der Waals surface area contributed by atoms with Crippen LogP contribution in [-0.4, -0.2) is 22.6 Å². The Hall–Kier alpha value is -4.65. The first-order chi connectivity index (χ1) is 19.2. The normalized spacial score (nSPS) is 11.3. The Balaban J connectivity index is 1.22. The van der Waals surface area contributed by atoms with E-state index in [1.165, 1.54) is 11.6 Å². The van der Waals surface area contributed by atoms with Gasteiger partial charge < -0.3 is 15.0 Å². The number of fused-ring (bicyclic) bond motifs is 1. The lowest BCUT2D eigenvalue weighted by Crippen LogP contribution is -2.16. The summed E-state index contributed by atoms with van der Waals surface area (Å²) >= 11 is 0. The van der Waals surface area contributed by atoms with Gasteiger partial charge in [-0.1, -0.05) is 84.9 Å². The molecule has 0 saturated heterocycles. The number of nitrogens with one attached hydrogen (secondary N) is 3. The van der Waals surface area contributed by atoms with Gasteiger partial charge in [0.15, 0.2) is 0 Å². The van der Waals surface area contributed by atoms with Crippen LogP contribution in [-0.2, 0) is 17.8 Å². The highest BCUT2D eigenvalue weighted by Gasteiger charge is 2.16. The van der Waals surface area contributed by atoms with Crippen LogP contribution in [0.1, 0.15) is 33.9 Å². The van der Waals surface area contributed by atoms with Gasteiger partial charge in [0, 0.05) is 29.7 Å². The maximum absolute atomic E-state index is 11.1. The van der Waals surface area contributed by atoms with Crippen LogP contribution in [0.15, 0.2) is 115 Å². The van der Waals surface area contributed by atoms with Crippen molar-refractivity contribution >= 4 is 22.9 Å². The highest BCUT2D eigenvalue weighted by atomic mass is 16.5. The minimum absolute atomic E-state index is 0.192. The standard InChI is InChI=1S/C33H31N3O3/c37-32(36-38)18-15-24-11-13-25(14-12-24)22-34-20-19-28-23-35-31-17-16-29(21-30(28)31)39-33(26-7-3-1-4-8-26)27-9-5-2-6-10-27/h1-18,21,23,33-35,38H,19-20,22H2,(H,36,37). The summed E-state index contributed by atoms with van der Waals surface area (Å²) < 4.78 is 6.58. The molecule has 5 aromatic rings. The van der Waals surface area contributed by atoms with Crippen molar-refractivity contribution in [2.24, 2.45) is 0 Å². The molecule has 4 aromatic carbocycles. The van der Waals surface area contributed by atoms with E-state index in [-0.39, 0.29) is 6.10 Å². The van der Waals surface area contributed by atoms with Crippen molar-refractivity contribution in [3.8, 4) is 5.75 Å². The maximum atomic E-state index is 11.1. The van der Waals surface area contributed by atoms with Crippen LogP contribution < -0.4 is 15.5 Å². The van der Waals surface area contributed by atoms with E-state index < -0.39 is 5.91 Å². The summed E-state index contributed by atoms with van der Waals surface area (Å²) in [6.45, 7) is 1.57. The number of ether oxygens (including phenoxy) is 1. The van der Waals surface area contributed by atoms with Crippen LogP contribution in [0.2, 0.25) is 0 Å². The van der Waals surface area contributed by atoms with Gasteiger partial charge >= 0.3 is 0 Å². The van der Waals surface area contributed by atoms with Gasteiger partial charge in [-0.3, -0.25) is 10.0 Å². The number of benzene rings is 4. The first kappa shape index (κ1) is 26.0. The average Bonchev–Trinajstić information content (AvgIpc) is 3.40. The van der Waals surface area contributed by atoms with Crippen LogP contribution in [0.4, 0.5) is 0 Å². The number of carbonyl (C=O) groups is 1. The molecule has 0 unspecified atom stereocenters. The van der Waals surface area contributed by atoms with Crippen LogP contribution in [0.25, 0.3) is 17.0 Å². The molecule has 196 valence electrons. The van der Waals surface area contributed by atoms with Crippen molar-refractivity contribution in [2.75, 3.05) is 6.54 Å². The average molecular weight is 518 g/mol. The summed E-state index contributed by atoms with van der Waals surface area (Å²) in [6.07, 6.45) is 5.70. The van der Waals surface area contributed by atoms with Crippen LogP contribution in [0.5, 0.6) is 5.75 Å². The van der Waals surface area contributed by atoms with E-state index in [2.05, 4.69) is 52.9 Å². The lowest BCUT2D eigenvalue weighted by molar-refractivity contribution is -0.124. The van der Waals surface area contributed by atoms with Crippen LogP contribution >= 0.6 is 0 Å². The second-order valence-electron chi connectivity index (χ2n) is 9.32. The Kier molecular flexibility index (Phi) is 8.48. The van der Waals surface area contributed by atoms with Gasteiger partial charge in [-0.25, -0.2) is 5.48 Å². The molecule has 1 heterocycles. The Morgan fingerprint density at radius 3 is 2.26 bits per heavy atom. The van der Waals surface area contributed by atoms with Crippen molar-refractivity contribution in [1.82, 2.24) is 15.8 Å². The Morgan fingerprint density at radius 2 is 1.59 bits per heavy atom. The molecule has 0 aliphatic carbocycles. The summed E-state index contributed by atoms with van der Waals surface area (Å²) in [4.78, 5) is 14.5. The molecule has 0 aliphatic rings. The minimum atomic E-state index is -0.552. The quantitative estimate of drug-likeness (QED) is 0.0729. The lowest BCUT2D eigenvalue weighted by Gasteiger charge is -2.20. The zero-order valence-electron chi connectivity index (χ0n) is 21.5. The summed E-state index contributed by atoms with van der Waals surface area (Å²) in [6, 6.07) is 34.8. The molecule has 6 heteroatoms. The Labute approximate surface area is 227 Å². The van der Waals surface area contributed by atoms with Crippen molar-refractivity contribution in [1.29, 1.82) is 0 Å². The van der Waals surface area contributed by atoms with Gasteiger partial charge in [-0.05, 0) is 65.1 Å². The minimum Gasteiger partial charge on any atom is -0.481 e. The molecule has 0 radical (unpaired) electrons. The third-order valence-corrected chi connectivity index (χ3v) is 6.61. The second kappa shape index (κ2) is 12.7. The smallest absolute Gasteiger partial charge is 0.267 e. The largest absolute Gasteiger partial charge is 0.481 e. The van der Waals surface area contributed by atoms with Crippen LogP contribution in [0, 0.1) is 0 Å². The van der Waals surface area contributed by atoms with E-state index >= 15 is 0 Å². The van der Waals surface area contributed by atoms with E-state index in [1.807, 2.05) is 66.7 Å². The van der Waals surface area contributed by atoms with E-state index in [0.29, 0.717) is 0 Å². The van der Waals surface area contributed by atoms with Crippen molar-refractivity contribution in [3.63, 3.8) is 0 Å². The SMILES string of the molecule is O=C(C=Cc1ccc(CNCCc2c[nH]c3ccc(OC(c4ccccc4)c4ccccc4)cc23)cc1)NO. The number of carbonyl (C=O) groups excluding carboxylic acids is 1. The number of hydroxylamine groups is 1. The molecule has 0 bridgehead atoms. The summed E-state index contributed by atoms with van der Waals surface area (Å²) in [5.41, 5.74) is 8.18. The molecule has 1 amide bonds. The maximum Gasteiger partial charge on any atom is 0.267 e. The molecular weight excluding hydrogens is 486 g/mol. The summed E-state index contributed by atoms with van der Waals surface area (Å²) in [5, 5.41) is 13.2. The topological polar surface area (TPSA) is 86.4 Å². The molecule has 0 atom stereocenters. The predicted molar refractivity (Wildman–Crippen MR) is 154 cm³/mol. The first-order valence-electron chi connectivity index (χ1n) is 13.0. The first-order valence-corrected chi connectivity index (χ1v) is 13.0. The van der Waals surface area contributed by atoms with Gasteiger partial charge in [0.2, 0.25) is 0 Å². The molecule has 0 aliphatic heterocycles. The molecule has 0 saturated carbocycles. The van der Waals surface area contributed by atoms with Gasteiger partial charge in [0.1, 0.15) is 11.9 Å². The zero-order valence-corrected chi connectivity index (χ0v) is 21.5. The van der Waals surface area contributed by atoms with E-state index in [9.17, 15) is 4.79 Å². The van der Waals surface area contributed by atoms with Crippen LogP contribution in [0.3, 0.4) is 0 Å². The highest BCUT2D eigenvalue weighted by molar-refractivity contribution is 5.90. The van der Waals surface area contributed by atoms with Crippen molar-refractivity contribution in [2.45, 2.75) is 19.1 Å². The lowest BCUT2D eigenvalue weighted by atomic mass is 10.0. The molecule has 5 rings (SSSR count). The number of H-pyrrole nitrogens is 1. The Bertz CT molecular complexity index is 1490. The molecular formula is C33H31N3O3. The van der Waals surface area contributed by atoms with Crippen molar-refractivity contribution < 1.29 is 14.7 Å². The number of aromatic nitrogens is 1. The highest BCUT2D eigenvalue weighted by Crippen LogP contribution is 2.31. The zero-order chi connectivity index (χ0) is 26.9. The van der Waals surface area contributed by atoms with Gasteiger partial charge in [0.05, 0.1) is 0 Å². The van der Waals surface area contributed by atoms with Gasteiger partial charge in [-0.2, -0.15) is 0 Å². The van der Waals surface area contributed by atoms with Gasteiger partial charge in [-0.15, -0.1) is 0 Å². The second-order valence-corrected chi connectivity index (χ2v) is 9.32. The fourth-order valence-corrected chi connectivity index (χ4v) is 4.57. The number of aromatic amines is 1. The number of hydrogen-bond acceptors (Lipinski definition) is 4. The molecule has 6 nitrogen and oxygen atoms in total. The monoisotopic (exact) mass is 517 g/mol. The molecule has 0 fully saturated rings. The third-order valence-electron chi connectivity index (χ3n) is 6.61. The van der Waals surface area contributed by atoms with Crippen molar-refractivity contribution in [3.05, 3.63) is 143 Å². The summed E-state index contributed by atoms with van der Waals surface area (Å²) in [7, 11) is 0. The fraction of sp³-hybridized carbons (Fsp3) is 0.121. The fourth-order valence-electron chi connectivity index (χ4n) is 4.57. The van der Waals surface area contributed by atoms with E-state index in [0.717, 1.165) is 58.4 Å². The predicted octanol–water partition coefficient (Wildman–Crippen LogP) is 6.19.